The number of hydrogen-bond acceptors (Lipinski definition) is 4. The predicted molar refractivity (Wildman–Crippen MR) is 119 cm³/mol. The van der Waals surface area contributed by atoms with E-state index < -0.39 is 12.8 Å². The Morgan fingerprint density at radius 1 is 1.20 bits per heavy atom. The van der Waals surface area contributed by atoms with Crippen molar-refractivity contribution in [3.05, 3.63) is 35.4 Å². The molecule has 0 spiro atoms. The normalized spacial score (nSPS) is 15.5. The minimum Gasteiger partial charge on any atom is -0.469 e. The highest BCUT2D eigenvalue weighted by molar-refractivity contribution is 14.0. The molecule has 170 valence electrons. The molecule has 1 aromatic rings. The van der Waals surface area contributed by atoms with Crippen molar-refractivity contribution in [2.45, 2.75) is 39.1 Å². The van der Waals surface area contributed by atoms with Gasteiger partial charge in [-0.15, -0.1) is 24.0 Å². The van der Waals surface area contributed by atoms with E-state index in [0.717, 1.165) is 44.0 Å². The summed E-state index contributed by atoms with van der Waals surface area (Å²) >= 11 is 0. The summed E-state index contributed by atoms with van der Waals surface area (Å²) in [6.07, 6.45) is -2.87. The SMILES string of the molecule is CCNC(=NCc1ccc(COCC(F)(F)F)cc1)N1CCC(C(=O)OC)CC1.I. The zero-order chi connectivity index (χ0) is 21.3. The second-order valence-corrected chi connectivity index (χ2v) is 6.88. The van der Waals surface area contributed by atoms with Crippen molar-refractivity contribution in [3.63, 3.8) is 0 Å². The molecule has 0 unspecified atom stereocenters. The number of aliphatic imine (C=N–C) groups is 1. The van der Waals surface area contributed by atoms with E-state index in [9.17, 15) is 18.0 Å². The van der Waals surface area contributed by atoms with E-state index in [-0.39, 0.29) is 42.5 Å². The fraction of sp³-hybridized carbons (Fsp3) is 0.600. The summed E-state index contributed by atoms with van der Waals surface area (Å²) in [6.45, 7) is 3.28. The smallest absolute Gasteiger partial charge is 0.411 e. The number of likely N-dealkylation sites (tertiary alicyclic amines) is 1. The number of carbonyl (C=O) groups excluding carboxylic acids is 1. The number of benzene rings is 1. The Bertz CT molecular complexity index is 676. The Labute approximate surface area is 192 Å². The van der Waals surface area contributed by atoms with E-state index in [1.165, 1.54) is 7.11 Å². The second kappa shape index (κ2) is 13.0. The summed E-state index contributed by atoms with van der Waals surface area (Å²) in [5.74, 6) is 0.561. The molecule has 0 saturated carbocycles. The first kappa shape index (κ1) is 26.5. The minimum absolute atomic E-state index is 0. The van der Waals surface area contributed by atoms with Crippen LogP contribution in [0.4, 0.5) is 13.2 Å². The van der Waals surface area contributed by atoms with Gasteiger partial charge in [-0.2, -0.15) is 13.2 Å². The monoisotopic (exact) mass is 543 g/mol. The molecule has 1 aliphatic heterocycles. The van der Waals surface area contributed by atoms with E-state index in [4.69, 9.17) is 4.74 Å². The van der Waals surface area contributed by atoms with Crippen LogP contribution < -0.4 is 5.32 Å². The second-order valence-electron chi connectivity index (χ2n) is 6.88. The van der Waals surface area contributed by atoms with Crippen LogP contribution >= 0.6 is 24.0 Å². The maximum Gasteiger partial charge on any atom is 0.411 e. The van der Waals surface area contributed by atoms with Gasteiger partial charge in [0, 0.05) is 19.6 Å². The zero-order valence-electron chi connectivity index (χ0n) is 17.2. The highest BCUT2D eigenvalue weighted by Gasteiger charge is 2.28. The molecule has 0 aromatic heterocycles. The fourth-order valence-corrected chi connectivity index (χ4v) is 3.11. The third-order valence-electron chi connectivity index (χ3n) is 4.63. The van der Waals surface area contributed by atoms with Crippen molar-refractivity contribution in [2.75, 3.05) is 33.4 Å². The Hall–Kier alpha value is -1.56. The van der Waals surface area contributed by atoms with Crippen LogP contribution in [0.3, 0.4) is 0 Å². The third-order valence-corrected chi connectivity index (χ3v) is 4.63. The number of piperidine rings is 1. The molecule has 1 saturated heterocycles. The molecule has 10 heteroatoms. The van der Waals surface area contributed by atoms with Crippen molar-refractivity contribution < 1.29 is 27.4 Å². The number of ether oxygens (including phenoxy) is 2. The summed E-state index contributed by atoms with van der Waals surface area (Å²) in [4.78, 5) is 18.5. The van der Waals surface area contributed by atoms with Crippen LogP contribution in [0.2, 0.25) is 0 Å². The predicted octanol–water partition coefficient (Wildman–Crippen LogP) is 3.73. The number of methoxy groups -OCH3 is 1. The molecule has 30 heavy (non-hydrogen) atoms. The van der Waals surface area contributed by atoms with Crippen LogP contribution in [0.15, 0.2) is 29.3 Å². The number of rotatable bonds is 7. The highest BCUT2D eigenvalue weighted by atomic mass is 127. The minimum atomic E-state index is -4.32. The van der Waals surface area contributed by atoms with Crippen LogP contribution in [0.5, 0.6) is 0 Å². The largest absolute Gasteiger partial charge is 0.469 e. The van der Waals surface area contributed by atoms with Crippen LogP contribution in [0, 0.1) is 5.92 Å². The van der Waals surface area contributed by atoms with Gasteiger partial charge in [-0.25, -0.2) is 4.99 Å². The molecule has 0 atom stereocenters. The Morgan fingerprint density at radius 3 is 2.33 bits per heavy atom. The molecule has 1 aliphatic rings. The molecule has 1 fully saturated rings. The first-order chi connectivity index (χ1) is 13.8. The van der Waals surface area contributed by atoms with Gasteiger partial charge in [0.05, 0.1) is 26.2 Å². The third kappa shape index (κ3) is 9.07. The molecule has 2 rings (SSSR count). The van der Waals surface area contributed by atoms with Crippen molar-refractivity contribution in [1.82, 2.24) is 10.2 Å². The quantitative estimate of drug-likeness (QED) is 0.246. The number of carbonyl (C=O) groups is 1. The molecule has 6 nitrogen and oxygen atoms in total. The summed E-state index contributed by atoms with van der Waals surface area (Å²) in [5, 5.41) is 3.27. The van der Waals surface area contributed by atoms with Gasteiger partial charge in [0.25, 0.3) is 0 Å². The number of hydrogen-bond donors (Lipinski definition) is 1. The topological polar surface area (TPSA) is 63.2 Å². The van der Waals surface area contributed by atoms with E-state index in [2.05, 4.69) is 19.9 Å². The van der Waals surface area contributed by atoms with E-state index in [1.54, 1.807) is 12.1 Å². The van der Waals surface area contributed by atoms with Gasteiger partial charge in [-0.05, 0) is 30.9 Å². The van der Waals surface area contributed by atoms with Gasteiger partial charge in [0.15, 0.2) is 5.96 Å². The van der Waals surface area contributed by atoms with Crippen molar-refractivity contribution in [2.24, 2.45) is 10.9 Å². The summed E-state index contributed by atoms with van der Waals surface area (Å²) < 4.78 is 45.8. The zero-order valence-corrected chi connectivity index (χ0v) is 19.5. The van der Waals surface area contributed by atoms with Crippen LogP contribution in [0.1, 0.15) is 30.9 Å². The number of alkyl halides is 3. The van der Waals surface area contributed by atoms with Gasteiger partial charge in [0.1, 0.15) is 6.61 Å². The van der Waals surface area contributed by atoms with Crippen molar-refractivity contribution >= 4 is 35.9 Å². The van der Waals surface area contributed by atoms with Gasteiger partial charge < -0.3 is 19.7 Å². The Kier molecular flexibility index (Phi) is 11.5. The lowest BCUT2D eigenvalue weighted by Crippen LogP contribution is -2.46. The van der Waals surface area contributed by atoms with Gasteiger partial charge >= 0.3 is 12.1 Å². The van der Waals surface area contributed by atoms with Crippen LogP contribution in [-0.2, 0) is 27.4 Å². The fourth-order valence-electron chi connectivity index (χ4n) is 3.11. The van der Waals surface area contributed by atoms with E-state index in [0.29, 0.717) is 12.1 Å². The molecule has 1 heterocycles. The van der Waals surface area contributed by atoms with Crippen molar-refractivity contribution in [1.29, 1.82) is 0 Å². The molecular formula is C20H29F3IN3O3. The number of nitrogens with zero attached hydrogens (tertiary/aromatic N) is 2. The average Bonchev–Trinajstić information content (AvgIpc) is 2.71. The number of nitrogens with one attached hydrogen (secondary N) is 1. The first-order valence-electron chi connectivity index (χ1n) is 9.65. The molecule has 0 radical (unpaired) electrons. The standard InChI is InChI=1S/C20H28F3N3O3.HI/c1-3-24-19(26-10-8-17(9-11-26)18(27)28-2)25-12-15-4-6-16(7-5-15)13-29-14-20(21,22)23;/h4-7,17H,3,8-14H2,1-2H3,(H,24,25);1H. The van der Waals surface area contributed by atoms with Crippen LogP contribution in [-0.4, -0.2) is 56.4 Å². The lowest BCUT2D eigenvalue weighted by Gasteiger charge is -2.33. The maximum atomic E-state index is 12.1. The molecule has 1 aromatic carbocycles. The molecular weight excluding hydrogens is 514 g/mol. The van der Waals surface area contributed by atoms with Gasteiger partial charge in [0.2, 0.25) is 0 Å². The number of halogens is 4. The molecule has 0 bridgehead atoms. The highest BCUT2D eigenvalue weighted by Crippen LogP contribution is 2.19. The Balaban J connectivity index is 0.00000450. The summed E-state index contributed by atoms with van der Waals surface area (Å²) in [5.41, 5.74) is 1.63. The molecule has 0 aliphatic carbocycles. The first-order valence-corrected chi connectivity index (χ1v) is 9.65. The van der Waals surface area contributed by atoms with Gasteiger partial charge in [-0.1, -0.05) is 24.3 Å². The Morgan fingerprint density at radius 2 is 1.80 bits per heavy atom. The molecule has 1 N–H and O–H groups in total. The number of esters is 1. The van der Waals surface area contributed by atoms with Crippen molar-refractivity contribution in [3.8, 4) is 0 Å². The summed E-state index contributed by atoms with van der Waals surface area (Å²) in [6, 6.07) is 7.16. The lowest BCUT2D eigenvalue weighted by molar-refractivity contribution is -0.176. The lowest BCUT2D eigenvalue weighted by atomic mass is 9.97. The number of guanidine groups is 1. The van der Waals surface area contributed by atoms with E-state index in [1.807, 2.05) is 19.1 Å². The molecule has 0 amide bonds. The maximum absolute atomic E-state index is 12.1. The van der Waals surface area contributed by atoms with Crippen LogP contribution in [0.25, 0.3) is 0 Å². The average molecular weight is 543 g/mol. The van der Waals surface area contributed by atoms with Gasteiger partial charge in [-0.3, -0.25) is 4.79 Å². The van der Waals surface area contributed by atoms with E-state index >= 15 is 0 Å². The summed E-state index contributed by atoms with van der Waals surface area (Å²) in [7, 11) is 1.41.